The fourth-order valence-electron chi connectivity index (χ4n) is 5.27. The van der Waals surface area contributed by atoms with Gasteiger partial charge < -0.3 is 26.0 Å². The molecule has 0 bridgehead atoms. The number of nitrogens with one attached hydrogen (secondary N) is 2. The van der Waals surface area contributed by atoms with Gasteiger partial charge in [0, 0.05) is 47.2 Å². The Morgan fingerprint density at radius 3 is 2.56 bits per heavy atom. The summed E-state index contributed by atoms with van der Waals surface area (Å²) in [5.74, 6) is -0.945. The standard InChI is InChI=1S/C32H29FN4O2/c33-24-10-13-30(38)27(18-24)31(29-17-22-4-1-2-7-28(22)35-29)36-32(39)23-6-3-5-21(16-23)20-8-11-26(12-9-20)37-15-14-25(34)19-37/h1-13,16-18,25,31,35,38H,14-15,19,34H2,(H,36,39)/t25-,31?/m1/s1. The number of rotatable bonds is 6. The van der Waals surface area contributed by atoms with E-state index in [-0.39, 0.29) is 23.3 Å². The van der Waals surface area contributed by atoms with Crippen LogP contribution in [-0.4, -0.2) is 35.1 Å². The Kier molecular flexibility index (Phi) is 6.50. The number of aromatic amines is 1. The lowest BCUT2D eigenvalue weighted by atomic mass is 10.00. The van der Waals surface area contributed by atoms with Crippen LogP contribution in [0.5, 0.6) is 5.75 Å². The topological polar surface area (TPSA) is 94.4 Å². The first-order valence-electron chi connectivity index (χ1n) is 13.0. The van der Waals surface area contributed by atoms with Gasteiger partial charge in [-0.15, -0.1) is 0 Å². The Labute approximate surface area is 225 Å². The van der Waals surface area contributed by atoms with Crippen LogP contribution in [0.2, 0.25) is 0 Å². The molecular weight excluding hydrogens is 491 g/mol. The maximum Gasteiger partial charge on any atom is 0.252 e. The summed E-state index contributed by atoms with van der Waals surface area (Å²) in [7, 11) is 0. The molecule has 1 aromatic heterocycles. The van der Waals surface area contributed by atoms with Crippen LogP contribution in [0.15, 0.2) is 97.1 Å². The predicted molar refractivity (Wildman–Crippen MR) is 152 cm³/mol. The third-order valence-corrected chi connectivity index (χ3v) is 7.35. The van der Waals surface area contributed by atoms with Gasteiger partial charge in [0.05, 0.1) is 6.04 Å². The minimum absolute atomic E-state index is 0.104. The molecule has 6 nitrogen and oxygen atoms in total. The average Bonchev–Trinajstić information content (AvgIpc) is 3.59. The average molecular weight is 521 g/mol. The molecule has 1 aliphatic heterocycles. The molecule has 6 rings (SSSR count). The van der Waals surface area contributed by atoms with E-state index in [1.807, 2.05) is 60.7 Å². The second-order valence-corrected chi connectivity index (χ2v) is 10.0. The Hall–Kier alpha value is -4.62. The summed E-state index contributed by atoms with van der Waals surface area (Å²) < 4.78 is 14.2. The second kappa shape index (κ2) is 10.3. The van der Waals surface area contributed by atoms with Gasteiger partial charge in [0.1, 0.15) is 11.6 Å². The van der Waals surface area contributed by atoms with E-state index >= 15 is 0 Å². The Morgan fingerprint density at radius 2 is 1.79 bits per heavy atom. The van der Waals surface area contributed by atoms with Crippen molar-refractivity contribution < 1.29 is 14.3 Å². The van der Waals surface area contributed by atoms with Crippen LogP contribution in [-0.2, 0) is 0 Å². The molecule has 1 fully saturated rings. The maximum atomic E-state index is 14.2. The molecule has 2 heterocycles. The molecule has 2 atom stereocenters. The number of anilines is 1. The molecule has 0 spiro atoms. The third-order valence-electron chi connectivity index (χ3n) is 7.35. The van der Waals surface area contributed by atoms with Gasteiger partial charge in [-0.1, -0.05) is 42.5 Å². The van der Waals surface area contributed by atoms with Gasteiger partial charge in [-0.25, -0.2) is 4.39 Å². The van der Waals surface area contributed by atoms with E-state index in [9.17, 15) is 14.3 Å². The highest BCUT2D eigenvalue weighted by atomic mass is 19.1. The van der Waals surface area contributed by atoms with Gasteiger partial charge >= 0.3 is 0 Å². The number of nitrogens with zero attached hydrogens (tertiary/aromatic N) is 1. The number of phenols is 1. The summed E-state index contributed by atoms with van der Waals surface area (Å²) in [4.78, 5) is 19.1. The zero-order valence-corrected chi connectivity index (χ0v) is 21.3. The quantitative estimate of drug-likeness (QED) is 0.230. The molecule has 196 valence electrons. The van der Waals surface area contributed by atoms with Crippen LogP contribution in [0.4, 0.5) is 10.1 Å². The van der Waals surface area contributed by atoms with E-state index in [0.717, 1.165) is 47.2 Å². The van der Waals surface area contributed by atoms with Gasteiger partial charge in [-0.05, 0) is 77.5 Å². The number of aromatic hydroxyl groups is 1. The summed E-state index contributed by atoms with van der Waals surface area (Å²) in [6.45, 7) is 1.81. The van der Waals surface area contributed by atoms with Crippen molar-refractivity contribution in [3.05, 3.63) is 120 Å². The van der Waals surface area contributed by atoms with Gasteiger partial charge in [0.2, 0.25) is 0 Å². The molecular formula is C32H29FN4O2. The number of carbonyl (C=O) groups is 1. The maximum absolute atomic E-state index is 14.2. The fraction of sp³-hybridized carbons (Fsp3) is 0.156. The van der Waals surface area contributed by atoms with Crippen molar-refractivity contribution in [2.24, 2.45) is 5.73 Å². The van der Waals surface area contributed by atoms with Crippen molar-refractivity contribution in [3.63, 3.8) is 0 Å². The summed E-state index contributed by atoms with van der Waals surface area (Å²) in [6, 6.07) is 28.4. The van der Waals surface area contributed by atoms with Crippen molar-refractivity contribution in [2.75, 3.05) is 18.0 Å². The normalized spacial score (nSPS) is 15.9. The molecule has 0 aliphatic carbocycles. The number of fused-ring (bicyclic) bond motifs is 1. The molecule has 0 saturated carbocycles. The Bertz CT molecular complexity index is 1610. The number of aromatic nitrogens is 1. The molecule has 1 amide bonds. The molecule has 5 aromatic rings. The number of amides is 1. The Balaban J connectivity index is 1.29. The summed E-state index contributed by atoms with van der Waals surface area (Å²) in [5, 5.41) is 14.5. The molecule has 1 unspecified atom stereocenters. The zero-order valence-electron chi connectivity index (χ0n) is 21.3. The Morgan fingerprint density at radius 1 is 0.974 bits per heavy atom. The number of halogens is 1. The smallest absolute Gasteiger partial charge is 0.252 e. The minimum atomic E-state index is -0.796. The number of phenolic OH excluding ortho intramolecular Hbond substituents is 1. The minimum Gasteiger partial charge on any atom is -0.508 e. The third kappa shape index (κ3) is 5.09. The first kappa shape index (κ1) is 24.7. The van der Waals surface area contributed by atoms with Crippen molar-refractivity contribution in [2.45, 2.75) is 18.5 Å². The van der Waals surface area contributed by atoms with E-state index in [2.05, 4.69) is 27.3 Å². The largest absolute Gasteiger partial charge is 0.508 e. The molecule has 39 heavy (non-hydrogen) atoms. The van der Waals surface area contributed by atoms with Gasteiger partial charge in [0.15, 0.2) is 0 Å². The first-order chi connectivity index (χ1) is 18.9. The number of carbonyl (C=O) groups excluding carboxylic acids is 1. The van der Waals surface area contributed by atoms with E-state index in [1.54, 1.807) is 6.07 Å². The van der Waals surface area contributed by atoms with Crippen LogP contribution in [0.3, 0.4) is 0 Å². The SMILES string of the molecule is N[C@@H]1CCN(c2ccc(-c3cccc(C(=O)NC(c4cc5ccccc5[nH]4)c4cc(F)ccc4O)c3)cc2)C1. The van der Waals surface area contributed by atoms with Crippen LogP contribution in [0.1, 0.15) is 34.1 Å². The number of H-pyrrole nitrogens is 1. The highest BCUT2D eigenvalue weighted by Gasteiger charge is 2.24. The number of para-hydroxylation sites is 1. The lowest BCUT2D eigenvalue weighted by molar-refractivity contribution is 0.0942. The van der Waals surface area contributed by atoms with Gasteiger partial charge in [0.25, 0.3) is 5.91 Å². The van der Waals surface area contributed by atoms with Crippen molar-refractivity contribution in [1.29, 1.82) is 0 Å². The monoisotopic (exact) mass is 520 g/mol. The summed E-state index contributed by atoms with van der Waals surface area (Å²) in [5.41, 5.74) is 11.3. The van der Waals surface area contributed by atoms with Crippen molar-refractivity contribution >= 4 is 22.5 Å². The number of nitrogens with two attached hydrogens (primary N) is 1. The van der Waals surface area contributed by atoms with E-state index in [0.29, 0.717) is 11.3 Å². The first-order valence-corrected chi connectivity index (χ1v) is 13.0. The van der Waals surface area contributed by atoms with Gasteiger partial charge in [-0.3, -0.25) is 4.79 Å². The van der Waals surface area contributed by atoms with E-state index in [4.69, 9.17) is 5.73 Å². The highest BCUT2D eigenvalue weighted by molar-refractivity contribution is 5.96. The van der Waals surface area contributed by atoms with E-state index in [1.165, 1.54) is 18.2 Å². The number of hydrogen-bond acceptors (Lipinski definition) is 4. The molecule has 1 saturated heterocycles. The molecule has 1 aliphatic rings. The predicted octanol–water partition coefficient (Wildman–Crippen LogP) is 5.74. The van der Waals surface area contributed by atoms with Crippen LogP contribution < -0.4 is 16.0 Å². The van der Waals surface area contributed by atoms with Crippen LogP contribution in [0.25, 0.3) is 22.0 Å². The van der Waals surface area contributed by atoms with Crippen molar-refractivity contribution in [3.8, 4) is 16.9 Å². The van der Waals surface area contributed by atoms with E-state index < -0.39 is 11.9 Å². The van der Waals surface area contributed by atoms with Crippen LogP contribution in [0, 0.1) is 5.82 Å². The fourth-order valence-corrected chi connectivity index (χ4v) is 5.27. The van der Waals surface area contributed by atoms with Crippen molar-refractivity contribution in [1.82, 2.24) is 10.3 Å². The lowest BCUT2D eigenvalue weighted by Crippen LogP contribution is -2.29. The molecule has 7 heteroatoms. The number of hydrogen-bond donors (Lipinski definition) is 4. The summed E-state index contributed by atoms with van der Waals surface area (Å²) in [6.07, 6.45) is 0.992. The van der Waals surface area contributed by atoms with Gasteiger partial charge in [-0.2, -0.15) is 0 Å². The lowest BCUT2D eigenvalue weighted by Gasteiger charge is -2.20. The number of benzene rings is 4. The van der Waals surface area contributed by atoms with Crippen LogP contribution >= 0.6 is 0 Å². The second-order valence-electron chi connectivity index (χ2n) is 10.0. The summed E-state index contributed by atoms with van der Waals surface area (Å²) >= 11 is 0. The highest BCUT2D eigenvalue weighted by Crippen LogP contribution is 2.32. The molecule has 5 N–H and O–H groups in total. The molecule has 0 radical (unpaired) electrons. The molecule has 4 aromatic carbocycles. The zero-order chi connectivity index (χ0) is 26.9.